The van der Waals surface area contributed by atoms with E-state index in [1.54, 1.807) is 0 Å². The standard InChI is InChI=1S/C18H30N2O3/c1-3-5-12-23-17-7-6-15(13-18(17)22-4-2)16(14-21)20-10-8-19-9-11-20/h6-7,13,16,19,21H,3-5,8-12,14H2,1-2H3. The van der Waals surface area contributed by atoms with E-state index in [4.69, 9.17) is 9.47 Å². The SMILES string of the molecule is CCCCOc1ccc(C(CO)N2CCNCC2)cc1OCC. The van der Waals surface area contributed by atoms with Gasteiger partial charge in [0.1, 0.15) is 0 Å². The monoisotopic (exact) mass is 322 g/mol. The van der Waals surface area contributed by atoms with Crippen LogP contribution in [-0.4, -0.2) is 56.0 Å². The van der Waals surface area contributed by atoms with E-state index in [1.165, 1.54) is 0 Å². The molecule has 2 N–H and O–H groups in total. The van der Waals surface area contributed by atoms with Gasteiger partial charge >= 0.3 is 0 Å². The van der Waals surface area contributed by atoms with Crippen LogP contribution in [0.4, 0.5) is 0 Å². The number of aliphatic hydroxyl groups is 1. The van der Waals surface area contributed by atoms with Crippen LogP contribution in [0.15, 0.2) is 18.2 Å². The molecular weight excluding hydrogens is 292 g/mol. The van der Waals surface area contributed by atoms with Crippen LogP contribution in [-0.2, 0) is 0 Å². The highest BCUT2D eigenvalue weighted by Crippen LogP contribution is 2.32. The average molecular weight is 322 g/mol. The van der Waals surface area contributed by atoms with Crippen LogP contribution in [0.3, 0.4) is 0 Å². The minimum atomic E-state index is 0.0148. The number of benzene rings is 1. The first kappa shape index (κ1) is 18.0. The predicted octanol–water partition coefficient (Wildman–Crippen LogP) is 2.20. The van der Waals surface area contributed by atoms with Gasteiger partial charge in [0.15, 0.2) is 11.5 Å². The molecule has 0 radical (unpaired) electrons. The van der Waals surface area contributed by atoms with Gasteiger partial charge in [-0.3, -0.25) is 4.90 Å². The predicted molar refractivity (Wildman–Crippen MR) is 92.3 cm³/mol. The highest BCUT2D eigenvalue weighted by atomic mass is 16.5. The number of aliphatic hydroxyl groups excluding tert-OH is 1. The second-order valence-electron chi connectivity index (χ2n) is 5.83. The van der Waals surface area contributed by atoms with Crippen LogP contribution in [0, 0.1) is 0 Å². The minimum absolute atomic E-state index is 0.0148. The number of rotatable bonds is 9. The van der Waals surface area contributed by atoms with E-state index in [0.29, 0.717) is 13.2 Å². The number of hydrogen-bond donors (Lipinski definition) is 2. The summed E-state index contributed by atoms with van der Waals surface area (Å²) in [7, 11) is 0. The molecule has 0 spiro atoms. The van der Waals surface area contributed by atoms with Crippen molar-refractivity contribution in [2.75, 3.05) is 46.0 Å². The van der Waals surface area contributed by atoms with Crippen LogP contribution in [0.2, 0.25) is 0 Å². The number of nitrogens with zero attached hydrogens (tertiary/aromatic N) is 1. The zero-order valence-corrected chi connectivity index (χ0v) is 14.4. The Labute approximate surface area is 139 Å². The van der Waals surface area contributed by atoms with Gasteiger partial charge in [-0.1, -0.05) is 19.4 Å². The summed E-state index contributed by atoms with van der Waals surface area (Å²) in [4.78, 5) is 2.32. The zero-order valence-electron chi connectivity index (χ0n) is 14.4. The van der Waals surface area contributed by atoms with Crippen LogP contribution in [0.1, 0.15) is 38.3 Å². The molecule has 0 aliphatic carbocycles. The summed E-state index contributed by atoms with van der Waals surface area (Å²) in [6.45, 7) is 9.37. The number of piperazine rings is 1. The fourth-order valence-electron chi connectivity index (χ4n) is 2.87. The van der Waals surface area contributed by atoms with Gasteiger partial charge in [-0.2, -0.15) is 0 Å². The Balaban J connectivity index is 2.15. The van der Waals surface area contributed by atoms with Crippen LogP contribution in [0.5, 0.6) is 11.5 Å². The second-order valence-corrected chi connectivity index (χ2v) is 5.83. The number of hydrogen-bond acceptors (Lipinski definition) is 5. The summed E-state index contributed by atoms with van der Waals surface area (Å²) < 4.78 is 11.6. The Kier molecular flexibility index (Phi) is 7.65. The first-order valence-electron chi connectivity index (χ1n) is 8.75. The lowest BCUT2D eigenvalue weighted by molar-refractivity contribution is 0.110. The third-order valence-corrected chi connectivity index (χ3v) is 4.17. The van der Waals surface area contributed by atoms with Crippen molar-refractivity contribution in [3.8, 4) is 11.5 Å². The van der Waals surface area contributed by atoms with Crippen molar-refractivity contribution in [2.45, 2.75) is 32.7 Å². The molecule has 2 rings (SSSR count). The summed E-state index contributed by atoms with van der Waals surface area (Å²) in [6.07, 6.45) is 2.14. The molecule has 0 amide bonds. The van der Waals surface area contributed by atoms with Gasteiger partial charge in [0.05, 0.1) is 25.9 Å². The Hall–Kier alpha value is -1.30. The number of nitrogens with one attached hydrogen (secondary N) is 1. The molecule has 1 unspecified atom stereocenters. The van der Waals surface area contributed by atoms with Gasteiger partial charge in [-0.15, -0.1) is 0 Å². The Morgan fingerprint density at radius 1 is 1.17 bits per heavy atom. The molecule has 5 heteroatoms. The average Bonchev–Trinajstić information content (AvgIpc) is 2.59. The fourth-order valence-corrected chi connectivity index (χ4v) is 2.87. The van der Waals surface area contributed by atoms with E-state index in [0.717, 1.165) is 56.1 Å². The van der Waals surface area contributed by atoms with Crippen LogP contribution in [0.25, 0.3) is 0 Å². The Morgan fingerprint density at radius 2 is 1.96 bits per heavy atom. The lowest BCUT2D eigenvalue weighted by Crippen LogP contribution is -2.46. The molecule has 0 bridgehead atoms. The first-order chi connectivity index (χ1) is 11.3. The maximum absolute atomic E-state index is 9.86. The van der Waals surface area contributed by atoms with Gasteiger partial charge in [0, 0.05) is 26.2 Å². The van der Waals surface area contributed by atoms with Gasteiger partial charge in [-0.05, 0) is 31.0 Å². The molecule has 0 aromatic heterocycles. The molecule has 1 atom stereocenters. The van der Waals surface area contributed by atoms with Crippen molar-refractivity contribution >= 4 is 0 Å². The van der Waals surface area contributed by atoms with Gasteiger partial charge in [-0.25, -0.2) is 0 Å². The molecule has 1 saturated heterocycles. The quantitative estimate of drug-likeness (QED) is 0.683. The maximum atomic E-state index is 9.86. The van der Waals surface area contributed by atoms with E-state index < -0.39 is 0 Å². The third kappa shape index (κ3) is 5.09. The summed E-state index contributed by atoms with van der Waals surface area (Å²) in [6, 6.07) is 6.06. The molecule has 1 aromatic rings. The molecular formula is C18H30N2O3. The first-order valence-corrected chi connectivity index (χ1v) is 8.75. The minimum Gasteiger partial charge on any atom is -0.490 e. The van der Waals surface area contributed by atoms with Crippen molar-refractivity contribution in [1.82, 2.24) is 10.2 Å². The van der Waals surface area contributed by atoms with Crippen molar-refractivity contribution < 1.29 is 14.6 Å². The molecule has 130 valence electrons. The van der Waals surface area contributed by atoms with Crippen LogP contribution < -0.4 is 14.8 Å². The van der Waals surface area contributed by atoms with E-state index in [-0.39, 0.29) is 12.6 Å². The lowest BCUT2D eigenvalue weighted by Gasteiger charge is -2.34. The Bertz CT molecular complexity index is 462. The molecule has 1 aliphatic heterocycles. The van der Waals surface area contributed by atoms with Gasteiger partial charge in [0.2, 0.25) is 0 Å². The summed E-state index contributed by atoms with van der Waals surface area (Å²) in [5, 5.41) is 13.2. The smallest absolute Gasteiger partial charge is 0.161 e. The summed E-state index contributed by atoms with van der Waals surface area (Å²) >= 11 is 0. The maximum Gasteiger partial charge on any atom is 0.161 e. The second kappa shape index (κ2) is 9.75. The normalized spacial score (nSPS) is 17.0. The molecule has 0 saturated carbocycles. The number of unbranched alkanes of at least 4 members (excludes halogenated alkanes) is 1. The fraction of sp³-hybridized carbons (Fsp3) is 0.667. The van der Waals surface area contributed by atoms with Crippen molar-refractivity contribution in [3.63, 3.8) is 0 Å². The largest absolute Gasteiger partial charge is 0.490 e. The molecule has 5 nitrogen and oxygen atoms in total. The molecule has 1 heterocycles. The van der Waals surface area contributed by atoms with E-state index in [9.17, 15) is 5.11 Å². The topological polar surface area (TPSA) is 54.0 Å². The molecule has 1 aliphatic rings. The van der Waals surface area contributed by atoms with Crippen molar-refractivity contribution in [1.29, 1.82) is 0 Å². The van der Waals surface area contributed by atoms with Crippen molar-refractivity contribution in [3.05, 3.63) is 23.8 Å². The molecule has 1 aromatic carbocycles. The highest BCUT2D eigenvalue weighted by molar-refractivity contribution is 5.44. The van der Waals surface area contributed by atoms with E-state index in [2.05, 4.69) is 17.1 Å². The molecule has 1 fully saturated rings. The van der Waals surface area contributed by atoms with E-state index in [1.807, 2.05) is 25.1 Å². The van der Waals surface area contributed by atoms with Gasteiger partial charge < -0.3 is 19.9 Å². The van der Waals surface area contributed by atoms with E-state index >= 15 is 0 Å². The Morgan fingerprint density at radius 3 is 2.61 bits per heavy atom. The third-order valence-electron chi connectivity index (χ3n) is 4.17. The highest BCUT2D eigenvalue weighted by Gasteiger charge is 2.22. The van der Waals surface area contributed by atoms with Gasteiger partial charge in [0.25, 0.3) is 0 Å². The lowest BCUT2D eigenvalue weighted by atomic mass is 10.0. The molecule has 23 heavy (non-hydrogen) atoms. The summed E-state index contributed by atoms with van der Waals surface area (Å²) in [5.74, 6) is 1.57. The van der Waals surface area contributed by atoms with Crippen molar-refractivity contribution in [2.24, 2.45) is 0 Å². The van der Waals surface area contributed by atoms with Crippen LogP contribution >= 0.6 is 0 Å². The zero-order chi connectivity index (χ0) is 16.5. The summed E-state index contributed by atoms with van der Waals surface area (Å²) in [5.41, 5.74) is 1.08. The number of ether oxygens (including phenoxy) is 2.